The molecular weight excluding hydrogens is 304 g/mol. The predicted molar refractivity (Wildman–Crippen MR) is 95.8 cm³/mol. The first-order chi connectivity index (χ1) is 11.5. The van der Waals surface area contributed by atoms with Gasteiger partial charge in [0.05, 0.1) is 6.10 Å². The van der Waals surface area contributed by atoms with Gasteiger partial charge < -0.3 is 10.2 Å². The van der Waals surface area contributed by atoms with E-state index < -0.39 is 12.1 Å². The van der Waals surface area contributed by atoms with Gasteiger partial charge in [-0.3, -0.25) is 9.59 Å². The first-order valence-corrected chi connectivity index (χ1v) is 9.02. The molecule has 0 fully saturated rings. The van der Waals surface area contributed by atoms with Gasteiger partial charge in [-0.25, -0.2) is 0 Å². The van der Waals surface area contributed by atoms with Crippen LogP contribution in [0.5, 0.6) is 0 Å². The molecule has 0 unspecified atom stereocenters. The van der Waals surface area contributed by atoms with E-state index in [2.05, 4.69) is 6.92 Å². The Morgan fingerprint density at radius 3 is 2.71 bits per heavy atom. The summed E-state index contributed by atoms with van der Waals surface area (Å²) in [5.41, 5.74) is 1.87. The van der Waals surface area contributed by atoms with Crippen LogP contribution in [0.15, 0.2) is 35.5 Å². The number of aliphatic hydroxyl groups excluding tert-OH is 1. The van der Waals surface area contributed by atoms with Gasteiger partial charge in [-0.2, -0.15) is 0 Å². The van der Waals surface area contributed by atoms with Gasteiger partial charge in [0.25, 0.3) is 0 Å². The van der Waals surface area contributed by atoms with Crippen molar-refractivity contribution in [2.75, 3.05) is 0 Å². The molecule has 4 nitrogen and oxygen atoms in total. The van der Waals surface area contributed by atoms with Crippen molar-refractivity contribution < 1.29 is 19.8 Å². The highest BCUT2D eigenvalue weighted by atomic mass is 16.4. The quantitative estimate of drug-likeness (QED) is 0.411. The number of carbonyl (C=O) groups is 2. The Balaban J connectivity index is 2.48. The Bertz CT molecular complexity index is 500. The van der Waals surface area contributed by atoms with Gasteiger partial charge in [-0.15, -0.1) is 0 Å². The fourth-order valence-corrected chi connectivity index (χ4v) is 2.78. The van der Waals surface area contributed by atoms with Gasteiger partial charge in [0, 0.05) is 18.4 Å². The first kappa shape index (κ1) is 20.4. The van der Waals surface area contributed by atoms with Crippen LogP contribution in [0.3, 0.4) is 0 Å². The van der Waals surface area contributed by atoms with Crippen molar-refractivity contribution >= 4 is 11.8 Å². The molecule has 1 aliphatic rings. The van der Waals surface area contributed by atoms with E-state index in [-0.39, 0.29) is 12.2 Å². The van der Waals surface area contributed by atoms with Crippen LogP contribution in [0.4, 0.5) is 0 Å². The number of carboxylic acids is 1. The second-order valence-electron chi connectivity index (χ2n) is 6.31. The molecular formula is C20H30O4. The molecule has 0 heterocycles. The molecule has 24 heavy (non-hydrogen) atoms. The van der Waals surface area contributed by atoms with Gasteiger partial charge in [0.2, 0.25) is 0 Å². The molecule has 1 atom stereocenters. The number of allylic oxidation sites excluding steroid dienone is 5. The summed E-state index contributed by atoms with van der Waals surface area (Å²) in [5, 5.41) is 18.5. The third-order valence-corrected chi connectivity index (χ3v) is 4.22. The topological polar surface area (TPSA) is 74.6 Å². The smallest absolute Gasteiger partial charge is 0.303 e. The lowest BCUT2D eigenvalue weighted by molar-refractivity contribution is -0.137. The number of aliphatic hydroxyl groups is 1. The van der Waals surface area contributed by atoms with Crippen molar-refractivity contribution in [2.24, 2.45) is 0 Å². The summed E-state index contributed by atoms with van der Waals surface area (Å²) in [5.74, 6) is -0.590. The molecule has 1 aliphatic carbocycles. The van der Waals surface area contributed by atoms with E-state index in [1.165, 1.54) is 0 Å². The maximum atomic E-state index is 12.0. The molecule has 0 aromatic rings. The number of hydrogen-bond acceptors (Lipinski definition) is 3. The zero-order valence-corrected chi connectivity index (χ0v) is 14.7. The Morgan fingerprint density at radius 2 is 2.00 bits per heavy atom. The Kier molecular flexibility index (Phi) is 10.0. The van der Waals surface area contributed by atoms with Crippen LogP contribution in [-0.2, 0) is 9.59 Å². The normalized spacial score (nSPS) is 16.7. The predicted octanol–water partition coefficient (Wildman–Crippen LogP) is 4.34. The number of unbranched alkanes of at least 4 members (excludes halogenated alkanes) is 3. The Hall–Kier alpha value is -1.68. The molecule has 1 rings (SSSR count). The number of Topliss-reactive ketones (excluding diaryl/α,β-unsaturated/α-hetero) is 1. The number of carboxylic acid groups (broad SMARTS) is 1. The van der Waals surface area contributed by atoms with Gasteiger partial charge >= 0.3 is 5.97 Å². The van der Waals surface area contributed by atoms with E-state index in [9.17, 15) is 14.7 Å². The molecule has 0 aromatic carbocycles. The molecule has 0 aromatic heterocycles. The van der Waals surface area contributed by atoms with E-state index in [1.807, 2.05) is 18.2 Å². The molecule has 134 valence electrons. The second-order valence-corrected chi connectivity index (χ2v) is 6.31. The number of carbonyl (C=O) groups excluding carboxylic acids is 1. The monoisotopic (exact) mass is 334 g/mol. The Labute approximate surface area is 145 Å². The second kappa shape index (κ2) is 11.8. The van der Waals surface area contributed by atoms with Crippen LogP contribution in [-0.4, -0.2) is 28.1 Å². The molecule has 2 N–H and O–H groups in total. The molecule has 4 heteroatoms. The van der Waals surface area contributed by atoms with Gasteiger partial charge in [0.15, 0.2) is 5.78 Å². The van der Waals surface area contributed by atoms with Gasteiger partial charge in [-0.1, -0.05) is 50.5 Å². The van der Waals surface area contributed by atoms with Crippen molar-refractivity contribution in [1.82, 2.24) is 0 Å². The number of hydrogen-bond donors (Lipinski definition) is 2. The fraction of sp³-hybridized carbons (Fsp3) is 0.600. The molecule has 0 bridgehead atoms. The number of ketones is 1. The molecule has 0 amide bonds. The van der Waals surface area contributed by atoms with Crippen LogP contribution in [0.1, 0.15) is 71.1 Å². The zero-order valence-electron chi connectivity index (χ0n) is 14.7. The Morgan fingerprint density at radius 1 is 1.21 bits per heavy atom. The summed E-state index contributed by atoms with van der Waals surface area (Å²) in [7, 11) is 0. The molecule has 0 spiro atoms. The summed E-state index contributed by atoms with van der Waals surface area (Å²) < 4.78 is 0. The van der Waals surface area contributed by atoms with Crippen LogP contribution < -0.4 is 0 Å². The molecule has 0 radical (unpaired) electrons. The summed E-state index contributed by atoms with van der Waals surface area (Å²) in [6.45, 7) is 2.14. The summed E-state index contributed by atoms with van der Waals surface area (Å²) in [4.78, 5) is 22.4. The van der Waals surface area contributed by atoms with E-state index in [0.717, 1.165) is 49.7 Å². The first-order valence-electron chi connectivity index (χ1n) is 9.02. The van der Waals surface area contributed by atoms with Crippen LogP contribution in [0.2, 0.25) is 0 Å². The number of rotatable bonds is 12. The minimum atomic E-state index is -0.776. The summed E-state index contributed by atoms with van der Waals surface area (Å²) >= 11 is 0. The SMILES string of the molecule is CCCCC[C@H](O)/C=C\C1=C(C/C=C/CCCC(=O)O)C(=O)CC1. The lowest BCUT2D eigenvalue weighted by Crippen LogP contribution is -2.01. The summed E-state index contributed by atoms with van der Waals surface area (Å²) in [6, 6.07) is 0. The minimum absolute atomic E-state index is 0.176. The van der Waals surface area contributed by atoms with Crippen molar-refractivity contribution in [2.45, 2.75) is 77.2 Å². The van der Waals surface area contributed by atoms with Gasteiger partial charge in [-0.05, 0) is 37.7 Å². The fourth-order valence-electron chi connectivity index (χ4n) is 2.78. The third kappa shape index (κ3) is 8.25. The van der Waals surface area contributed by atoms with Crippen LogP contribution in [0, 0.1) is 0 Å². The zero-order chi connectivity index (χ0) is 17.8. The van der Waals surface area contributed by atoms with Crippen molar-refractivity contribution in [3.63, 3.8) is 0 Å². The van der Waals surface area contributed by atoms with Crippen LogP contribution >= 0.6 is 0 Å². The maximum Gasteiger partial charge on any atom is 0.303 e. The highest BCUT2D eigenvalue weighted by Gasteiger charge is 2.20. The average molecular weight is 334 g/mol. The third-order valence-electron chi connectivity index (χ3n) is 4.22. The molecule has 0 aliphatic heterocycles. The van der Waals surface area contributed by atoms with Crippen molar-refractivity contribution in [3.8, 4) is 0 Å². The van der Waals surface area contributed by atoms with E-state index >= 15 is 0 Å². The standard InChI is InChI=1S/C20H30O4/c1-2-3-6-9-17(21)14-12-16-13-15-19(22)18(16)10-7-4-5-8-11-20(23)24/h4,7,12,14,17,21H,2-3,5-6,8-11,13,15H2,1H3,(H,23,24)/b7-4+,14-12-/t17-/m0/s1. The van der Waals surface area contributed by atoms with Crippen molar-refractivity contribution in [1.29, 1.82) is 0 Å². The average Bonchev–Trinajstić information content (AvgIpc) is 2.89. The highest BCUT2D eigenvalue weighted by molar-refractivity contribution is 5.99. The largest absolute Gasteiger partial charge is 0.481 e. The lowest BCUT2D eigenvalue weighted by atomic mass is 10.0. The molecule has 0 saturated carbocycles. The maximum absolute atomic E-state index is 12.0. The van der Waals surface area contributed by atoms with Gasteiger partial charge in [0.1, 0.15) is 0 Å². The lowest BCUT2D eigenvalue weighted by Gasteiger charge is -2.05. The summed E-state index contributed by atoms with van der Waals surface area (Å²) in [6.07, 6.45) is 14.6. The van der Waals surface area contributed by atoms with E-state index in [4.69, 9.17) is 5.11 Å². The van der Waals surface area contributed by atoms with E-state index in [1.54, 1.807) is 6.08 Å². The van der Waals surface area contributed by atoms with E-state index in [0.29, 0.717) is 19.3 Å². The molecule has 0 saturated heterocycles. The van der Waals surface area contributed by atoms with Crippen molar-refractivity contribution in [3.05, 3.63) is 35.5 Å². The highest BCUT2D eigenvalue weighted by Crippen LogP contribution is 2.27. The van der Waals surface area contributed by atoms with Crippen LogP contribution in [0.25, 0.3) is 0 Å². The number of aliphatic carboxylic acids is 1. The minimum Gasteiger partial charge on any atom is -0.481 e.